The molecule has 1 aromatic carbocycles. The number of nitrogens with zero attached hydrogens (tertiary/aromatic N) is 1. The molecule has 1 saturated heterocycles. The Kier molecular flexibility index (Phi) is 4.06. The smallest absolute Gasteiger partial charge is 0.137 e. The first-order valence-corrected chi connectivity index (χ1v) is 7.79. The number of hydrogen-bond donors (Lipinski definition) is 1. The monoisotopic (exact) mass is 273 g/mol. The summed E-state index contributed by atoms with van der Waals surface area (Å²) in [6.45, 7) is 1.92. The van der Waals surface area contributed by atoms with Crippen LogP contribution in [0.15, 0.2) is 24.3 Å². The van der Waals surface area contributed by atoms with Crippen LogP contribution in [0.1, 0.15) is 44.1 Å². The molecule has 1 aromatic rings. The van der Waals surface area contributed by atoms with Crippen LogP contribution in [0, 0.1) is 5.92 Å². The van der Waals surface area contributed by atoms with Crippen LogP contribution in [0.3, 0.4) is 0 Å². The van der Waals surface area contributed by atoms with E-state index in [4.69, 9.17) is 0 Å². The first-order valence-electron chi connectivity index (χ1n) is 7.79. The molecule has 0 spiro atoms. The van der Waals surface area contributed by atoms with Crippen LogP contribution in [0.5, 0.6) is 5.75 Å². The molecule has 2 aliphatic rings. The standard InChI is InChI=1S/C17H23NO2/c19-14-6-3-5-13(11-14)12-18-10-4-8-16(18)15-7-1-2-9-17(15)20/h3,5-6,11,15-16,19H,1-2,4,7-10,12H2. The minimum Gasteiger partial charge on any atom is -0.508 e. The normalized spacial score (nSPS) is 27.9. The van der Waals surface area contributed by atoms with Crippen molar-refractivity contribution in [2.24, 2.45) is 5.92 Å². The molecule has 2 atom stereocenters. The Morgan fingerprint density at radius 3 is 2.90 bits per heavy atom. The van der Waals surface area contributed by atoms with Crippen molar-refractivity contribution < 1.29 is 9.90 Å². The van der Waals surface area contributed by atoms with E-state index < -0.39 is 0 Å². The molecule has 0 bridgehead atoms. The number of aromatic hydroxyl groups is 1. The van der Waals surface area contributed by atoms with E-state index >= 15 is 0 Å². The Morgan fingerprint density at radius 2 is 2.10 bits per heavy atom. The lowest BCUT2D eigenvalue weighted by atomic mass is 9.82. The maximum absolute atomic E-state index is 12.2. The number of phenols is 1. The molecule has 1 aliphatic heterocycles. The van der Waals surface area contributed by atoms with Gasteiger partial charge in [0.1, 0.15) is 11.5 Å². The van der Waals surface area contributed by atoms with Crippen LogP contribution in [-0.4, -0.2) is 28.4 Å². The van der Waals surface area contributed by atoms with E-state index in [9.17, 15) is 9.90 Å². The topological polar surface area (TPSA) is 40.5 Å². The third kappa shape index (κ3) is 2.88. The molecule has 20 heavy (non-hydrogen) atoms. The van der Waals surface area contributed by atoms with Crippen molar-refractivity contribution in [3.05, 3.63) is 29.8 Å². The van der Waals surface area contributed by atoms with E-state index in [2.05, 4.69) is 11.0 Å². The number of phenolic OH excluding ortho intramolecular Hbond substituents is 1. The summed E-state index contributed by atoms with van der Waals surface area (Å²) in [6, 6.07) is 7.90. The third-order valence-electron chi connectivity index (χ3n) is 4.78. The van der Waals surface area contributed by atoms with Crippen LogP contribution >= 0.6 is 0 Å². The highest BCUT2D eigenvalue weighted by molar-refractivity contribution is 5.82. The van der Waals surface area contributed by atoms with Gasteiger partial charge in [-0.15, -0.1) is 0 Å². The first-order chi connectivity index (χ1) is 9.74. The van der Waals surface area contributed by atoms with Crippen LogP contribution in [-0.2, 0) is 11.3 Å². The molecule has 0 aromatic heterocycles. The van der Waals surface area contributed by atoms with Gasteiger partial charge in [-0.25, -0.2) is 0 Å². The lowest BCUT2D eigenvalue weighted by Gasteiger charge is -2.33. The maximum atomic E-state index is 12.2. The lowest BCUT2D eigenvalue weighted by molar-refractivity contribution is -0.126. The fraction of sp³-hybridized carbons (Fsp3) is 0.588. The summed E-state index contributed by atoms with van der Waals surface area (Å²) < 4.78 is 0. The highest BCUT2D eigenvalue weighted by Gasteiger charge is 2.36. The molecule has 3 heteroatoms. The lowest BCUT2D eigenvalue weighted by Crippen LogP contribution is -2.40. The molecule has 108 valence electrons. The van der Waals surface area contributed by atoms with Gasteiger partial charge in [-0.3, -0.25) is 9.69 Å². The predicted octanol–water partition coefficient (Wildman–Crippen LogP) is 3.12. The molecule has 2 fully saturated rings. The summed E-state index contributed by atoms with van der Waals surface area (Å²) in [5, 5.41) is 9.57. The van der Waals surface area contributed by atoms with Crippen molar-refractivity contribution in [1.29, 1.82) is 0 Å². The van der Waals surface area contributed by atoms with Crippen molar-refractivity contribution >= 4 is 5.78 Å². The Labute approximate surface area is 120 Å². The van der Waals surface area contributed by atoms with E-state index in [-0.39, 0.29) is 5.92 Å². The van der Waals surface area contributed by atoms with Gasteiger partial charge in [0.05, 0.1) is 0 Å². The number of rotatable bonds is 3. The molecule has 2 unspecified atom stereocenters. The Hall–Kier alpha value is -1.35. The average molecular weight is 273 g/mol. The number of carbonyl (C=O) groups excluding carboxylic acids is 1. The SMILES string of the molecule is O=C1CCCCC1C1CCCN1Cc1cccc(O)c1. The van der Waals surface area contributed by atoms with E-state index in [0.29, 0.717) is 17.6 Å². The zero-order chi connectivity index (χ0) is 13.9. The van der Waals surface area contributed by atoms with Crippen LogP contribution in [0.4, 0.5) is 0 Å². The van der Waals surface area contributed by atoms with Crippen molar-refractivity contribution in [3.8, 4) is 5.75 Å². The summed E-state index contributed by atoms with van der Waals surface area (Å²) >= 11 is 0. The minimum absolute atomic E-state index is 0.253. The number of ketones is 1. The molecule has 0 radical (unpaired) electrons. The highest BCUT2D eigenvalue weighted by atomic mass is 16.3. The van der Waals surface area contributed by atoms with Gasteiger partial charge in [-0.2, -0.15) is 0 Å². The van der Waals surface area contributed by atoms with Gasteiger partial charge >= 0.3 is 0 Å². The summed E-state index contributed by atoms with van der Waals surface area (Å²) in [7, 11) is 0. The van der Waals surface area contributed by atoms with Gasteiger partial charge in [0.25, 0.3) is 0 Å². The Bertz CT molecular complexity index is 486. The second-order valence-electron chi connectivity index (χ2n) is 6.17. The van der Waals surface area contributed by atoms with Crippen molar-refractivity contribution in [3.63, 3.8) is 0 Å². The van der Waals surface area contributed by atoms with Gasteiger partial charge in [0, 0.05) is 24.9 Å². The largest absolute Gasteiger partial charge is 0.508 e. The van der Waals surface area contributed by atoms with E-state index in [0.717, 1.165) is 44.3 Å². The number of likely N-dealkylation sites (tertiary alicyclic amines) is 1. The van der Waals surface area contributed by atoms with Gasteiger partial charge < -0.3 is 5.11 Å². The van der Waals surface area contributed by atoms with Crippen LogP contribution in [0.2, 0.25) is 0 Å². The number of benzene rings is 1. The summed E-state index contributed by atoms with van der Waals surface area (Å²) in [5.41, 5.74) is 1.14. The summed E-state index contributed by atoms with van der Waals surface area (Å²) in [4.78, 5) is 14.6. The molecular weight excluding hydrogens is 250 g/mol. The number of carbonyl (C=O) groups is 1. The van der Waals surface area contributed by atoms with Crippen LogP contribution < -0.4 is 0 Å². The number of hydrogen-bond acceptors (Lipinski definition) is 3. The van der Waals surface area contributed by atoms with Gasteiger partial charge in [-0.1, -0.05) is 18.6 Å². The molecule has 1 saturated carbocycles. The molecule has 1 N–H and O–H groups in total. The fourth-order valence-electron chi connectivity index (χ4n) is 3.81. The predicted molar refractivity (Wildman–Crippen MR) is 78.5 cm³/mol. The minimum atomic E-state index is 0.253. The van der Waals surface area contributed by atoms with Gasteiger partial charge in [0.15, 0.2) is 0 Å². The summed E-state index contributed by atoms with van der Waals surface area (Å²) in [5.74, 6) is 1.06. The van der Waals surface area contributed by atoms with E-state index in [1.54, 1.807) is 6.07 Å². The maximum Gasteiger partial charge on any atom is 0.137 e. The number of Topliss-reactive ketones (excluding diaryl/α,β-unsaturated/α-hetero) is 1. The molecule has 3 rings (SSSR count). The fourth-order valence-corrected chi connectivity index (χ4v) is 3.81. The zero-order valence-corrected chi connectivity index (χ0v) is 11.9. The van der Waals surface area contributed by atoms with Crippen molar-refractivity contribution in [2.45, 2.75) is 51.1 Å². The zero-order valence-electron chi connectivity index (χ0n) is 11.9. The second-order valence-corrected chi connectivity index (χ2v) is 6.17. The second kappa shape index (κ2) is 5.96. The van der Waals surface area contributed by atoms with Gasteiger partial charge in [0.2, 0.25) is 0 Å². The molecular formula is C17H23NO2. The molecule has 1 heterocycles. The average Bonchev–Trinajstić information content (AvgIpc) is 2.87. The third-order valence-corrected chi connectivity index (χ3v) is 4.78. The van der Waals surface area contributed by atoms with E-state index in [1.165, 1.54) is 12.8 Å². The quantitative estimate of drug-likeness (QED) is 0.920. The van der Waals surface area contributed by atoms with Gasteiger partial charge in [-0.05, 0) is 49.9 Å². The van der Waals surface area contributed by atoms with E-state index in [1.807, 2.05) is 12.1 Å². The van der Waals surface area contributed by atoms with Crippen molar-refractivity contribution in [1.82, 2.24) is 4.90 Å². The first kappa shape index (κ1) is 13.6. The Balaban J connectivity index is 1.70. The summed E-state index contributed by atoms with van der Waals surface area (Å²) in [6.07, 6.45) is 6.46. The van der Waals surface area contributed by atoms with Crippen LogP contribution in [0.25, 0.3) is 0 Å². The highest BCUT2D eigenvalue weighted by Crippen LogP contribution is 2.33. The molecule has 3 nitrogen and oxygen atoms in total. The van der Waals surface area contributed by atoms with Crippen molar-refractivity contribution in [2.75, 3.05) is 6.54 Å². The molecule has 0 amide bonds. The Morgan fingerprint density at radius 1 is 1.20 bits per heavy atom. The molecule has 1 aliphatic carbocycles.